The Kier molecular flexibility index (Phi) is 36.6. The Balaban J connectivity index is 0.000000142. The Labute approximate surface area is 692 Å². The van der Waals surface area contributed by atoms with Crippen LogP contribution in [0.2, 0.25) is 0 Å². The van der Waals surface area contributed by atoms with Gasteiger partial charge in [0.1, 0.15) is 74.0 Å². The fourth-order valence-corrected chi connectivity index (χ4v) is 9.39. The molecule has 0 unspecified atom stereocenters. The normalized spacial score (nSPS) is 10.8. The summed E-state index contributed by atoms with van der Waals surface area (Å²) < 4.78 is 36.6. The van der Waals surface area contributed by atoms with Gasteiger partial charge in [-0.25, -0.2) is 89.7 Å². The Morgan fingerprint density at radius 1 is 0.200 bits per heavy atom. The first-order chi connectivity index (χ1) is 59.3. The van der Waals surface area contributed by atoms with Crippen LogP contribution < -0.4 is 0 Å². The number of oxazole rings is 3. The molecule has 594 valence electrons. The van der Waals surface area contributed by atoms with Crippen LogP contribution in [0.15, 0.2) is 358 Å². The molecular formula is C93H81N21O6. The minimum atomic E-state index is 0.528. The molecule has 0 aliphatic heterocycles. The number of benzene rings is 3. The predicted octanol–water partition coefficient (Wildman–Crippen LogP) is 19.4. The molecule has 18 aromatic rings. The maximum atomic E-state index is 5.17. The van der Waals surface area contributed by atoms with Gasteiger partial charge in [0.25, 0.3) is 0 Å². The van der Waals surface area contributed by atoms with E-state index in [4.69, 9.17) is 26.5 Å². The molecular weight excluding hydrogens is 1510 g/mol. The number of aromatic nitrogens is 21. The molecule has 15 aromatic heterocycles. The Morgan fingerprint density at radius 2 is 0.458 bits per heavy atom. The van der Waals surface area contributed by atoms with Crippen LogP contribution in [0.25, 0.3) is 109 Å². The molecule has 0 bridgehead atoms. The summed E-state index contributed by atoms with van der Waals surface area (Å²) in [6.07, 6.45) is 73.1. The van der Waals surface area contributed by atoms with E-state index in [0.717, 1.165) is 40.1 Å². The quantitative estimate of drug-likeness (QED) is 0.0770. The van der Waals surface area contributed by atoms with Gasteiger partial charge in [-0.1, -0.05) is 103 Å². The van der Waals surface area contributed by atoms with E-state index >= 15 is 0 Å². The molecule has 0 amide bonds. The number of aryl methyl sites for hydroxylation is 3. The first-order valence-corrected chi connectivity index (χ1v) is 36.9. The summed E-state index contributed by atoms with van der Waals surface area (Å²) >= 11 is 0. The Hall–Kier alpha value is -17.1. The molecule has 0 N–H and O–H groups in total. The lowest BCUT2D eigenvalue weighted by Crippen LogP contribution is -1.89. The third-order valence-electron chi connectivity index (χ3n) is 15.3. The van der Waals surface area contributed by atoms with Gasteiger partial charge >= 0.3 is 0 Å². The van der Waals surface area contributed by atoms with Crippen molar-refractivity contribution in [2.75, 3.05) is 0 Å². The first-order valence-electron chi connectivity index (χ1n) is 36.9. The lowest BCUT2D eigenvalue weighted by Gasteiger charge is -1.95. The summed E-state index contributed by atoms with van der Waals surface area (Å²) in [6.45, 7) is 0. The third-order valence-corrected chi connectivity index (χ3v) is 15.3. The van der Waals surface area contributed by atoms with Crippen LogP contribution in [0.1, 0.15) is 104 Å². The van der Waals surface area contributed by atoms with Crippen LogP contribution >= 0.6 is 0 Å². The molecule has 18 rings (SSSR count). The van der Waals surface area contributed by atoms with E-state index in [0.29, 0.717) is 46.8 Å². The van der Waals surface area contributed by atoms with Crippen molar-refractivity contribution in [3.05, 3.63) is 436 Å². The van der Waals surface area contributed by atoms with Crippen LogP contribution in [-0.2, 0) is 21.1 Å². The average molecular weight is 1590 g/mol. The van der Waals surface area contributed by atoms with Crippen molar-refractivity contribution in [1.82, 2.24) is 103 Å². The Morgan fingerprint density at radius 3 is 0.733 bits per heavy atom. The second-order valence-electron chi connectivity index (χ2n) is 23.8. The van der Waals surface area contributed by atoms with E-state index < -0.39 is 0 Å². The summed E-state index contributed by atoms with van der Waals surface area (Å²) in [4.78, 5) is 70.9. The molecule has 0 spiro atoms. The monoisotopic (exact) mass is 1590 g/mol. The van der Waals surface area contributed by atoms with Crippen molar-refractivity contribution in [2.24, 2.45) is 21.1 Å². The molecule has 0 radical (unpaired) electrons. The van der Waals surface area contributed by atoms with Crippen LogP contribution in [0.5, 0.6) is 0 Å². The zero-order valence-corrected chi connectivity index (χ0v) is 65.4. The lowest BCUT2D eigenvalue weighted by atomic mass is 10.2. The van der Waals surface area contributed by atoms with Gasteiger partial charge in [0, 0.05) is 112 Å². The smallest absolute Gasteiger partial charge is 0.218 e. The van der Waals surface area contributed by atoms with Gasteiger partial charge in [-0.05, 0) is 187 Å². The Bertz CT molecular complexity index is 5070. The third kappa shape index (κ3) is 34.1. The highest BCUT2D eigenvalue weighted by Gasteiger charge is 1.99. The van der Waals surface area contributed by atoms with E-state index in [2.05, 4.69) is 137 Å². The molecule has 27 heteroatoms. The summed E-state index contributed by atoms with van der Waals surface area (Å²) in [6, 6.07) is 59.3. The van der Waals surface area contributed by atoms with E-state index in [1.54, 1.807) is 142 Å². The molecule has 0 saturated carbocycles. The zero-order chi connectivity index (χ0) is 83.0. The number of furan rings is 3. The molecule has 3 aromatic carbocycles. The zero-order valence-electron chi connectivity index (χ0n) is 65.4. The summed E-state index contributed by atoms with van der Waals surface area (Å²) in [5.41, 5.74) is 7.02. The van der Waals surface area contributed by atoms with E-state index in [-0.39, 0.29) is 0 Å². The standard InChI is InChI=1S/C13H13N.C12H10O.C11H11N3.C11H9NO.C10H10N4.C10H8N2O.2C9H7N3O.C8H6N4O/c1-14-11-5-8-13(14)10-9-12-6-3-2-4-7-12;1-2-5-11(6-3-1)8-9-12-7-4-10-13-12;1-14-9-2-4-10(14)5-6-11-12-7-3-8-13-11;1-2-4-10(5-3-1)6-7-11-12-8-9-13-11;1-14-6-2-3-9(14)4-5-10-12-7-11-8-13-10;1-3-9(13-8-1)4-5-10-11-6-2-7-12-10;1-4-10-8(11-5-1)2-3-9-12-6-7-13-9;1-2-8(13-5-1)3-4-9-11-6-10-7-12-9;1(2-8-10-3-4-13-8)7-11-5-9-6-12-7/h2-11H,1H3;1-10H;2-9H,1H3;1-9H;2-8H,1H3;1-8H;2*1-7H;1-6H/b10-9+;9-8+;6-5+;7-6+;2*5-4+;3-2+;4-3+;2-1+. The van der Waals surface area contributed by atoms with Crippen molar-refractivity contribution in [1.29, 1.82) is 0 Å². The largest absolute Gasteiger partial charge is 0.465 e. The van der Waals surface area contributed by atoms with Crippen molar-refractivity contribution in [3.63, 3.8) is 0 Å². The minimum absolute atomic E-state index is 0.528. The summed E-state index contributed by atoms with van der Waals surface area (Å²) in [5.74, 6) is 8.07. The second-order valence-corrected chi connectivity index (χ2v) is 23.8. The van der Waals surface area contributed by atoms with Crippen molar-refractivity contribution in [3.8, 4) is 0 Å². The number of hydrogen-bond acceptors (Lipinski definition) is 24. The molecule has 27 nitrogen and oxygen atoms in total. The highest BCUT2D eigenvalue weighted by molar-refractivity contribution is 5.71. The molecule has 0 fully saturated rings. The number of nitrogens with zero attached hydrogens (tertiary/aromatic N) is 21. The predicted molar refractivity (Wildman–Crippen MR) is 467 cm³/mol. The van der Waals surface area contributed by atoms with Crippen LogP contribution in [-0.4, -0.2) is 103 Å². The fraction of sp³-hybridized carbons (Fsp3) is 0.0323. The van der Waals surface area contributed by atoms with Gasteiger partial charge in [0.05, 0.1) is 37.4 Å². The SMILES string of the molecule is C(=C\c1ccco1)/c1ccccc1.C(=C\c1ccco1)/c1ncccn1.C(=C\c1ccco1)/c1ncncn1.C(=C\c1ncco1)/c1ccccc1.C(=C\c1ncco1)/c1ncccn1.C(=C\c1ncco1)/c1ncncn1.Cn1cccc1/C=C/c1ccccc1.Cn1cccc1/C=C/c1ncccn1.Cn1cccc1/C=C/c1ncncn1. The molecule has 0 atom stereocenters. The summed E-state index contributed by atoms with van der Waals surface area (Å²) in [5, 5.41) is 0. The van der Waals surface area contributed by atoms with Crippen LogP contribution in [0.3, 0.4) is 0 Å². The van der Waals surface area contributed by atoms with Gasteiger partial charge < -0.3 is 40.2 Å². The fourth-order valence-electron chi connectivity index (χ4n) is 9.39. The maximum Gasteiger partial charge on any atom is 0.218 e. The minimum Gasteiger partial charge on any atom is -0.465 e. The van der Waals surface area contributed by atoms with Crippen molar-refractivity contribution >= 4 is 109 Å². The second kappa shape index (κ2) is 51.5. The van der Waals surface area contributed by atoms with Gasteiger partial charge in [-0.2, -0.15) is 0 Å². The molecule has 120 heavy (non-hydrogen) atoms. The van der Waals surface area contributed by atoms with Crippen molar-refractivity contribution in [2.45, 2.75) is 0 Å². The molecule has 0 aliphatic carbocycles. The van der Waals surface area contributed by atoms with E-state index in [1.165, 1.54) is 67.3 Å². The van der Waals surface area contributed by atoms with Gasteiger partial charge in [0.2, 0.25) is 17.7 Å². The highest BCUT2D eigenvalue weighted by Crippen LogP contribution is 2.13. The number of hydrogen-bond donors (Lipinski definition) is 0. The number of rotatable bonds is 18. The van der Waals surface area contributed by atoms with Gasteiger partial charge in [-0.15, -0.1) is 0 Å². The molecule has 15 heterocycles. The lowest BCUT2D eigenvalue weighted by molar-refractivity contribution is 0.546. The average Bonchev–Trinajstić information content (AvgIpc) is 1.78. The maximum absolute atomic E-state index is 5.17. The molecule has 0 aliphatic rings. The van der Waals surface area contributed by atoms with E-state index in [1.807, 2.05) is 237 Å². The van der Waals surface area contributed by atoms with Crippen molar-refractivity contribution < 1.29 is 26.5 Å². The van der Waals surface area contributed by atoms with Gasteiger partial charge in [0.15, 0.2) is 34.9 Å². The van der Waals surface area contributed by atoms with Crippen LogP contribution in [0.4, 0.5) is 0 Å². The molecule has 0 saturated heterocycles. The van der Waals surface area contributed by atoms with E-state index in [9.17, 15) is 0 Å². The van der Waals surface area contributed by atoms with Crippen LogP contribution in [0, 0.1) is 0 Å². The highest BCUT2D eigenvalue weighted by atomic mass is 16.4. The first kappa shape index (κ1) is 85.3. The summed E-state index contributed by atoms with van der Waals surface area (Å²) in [7, 11) is 6.04. The topological polar surface area (TPSA) is 326 Å². The van der Waals surface area contributed by atoms with Gasteiger partial charge in [-0.3, -0.25) is 0 Å².